The van der Waals surface area contributed by atoms with E-state index in [9.17, 15) is 4.79 Å². The van der Waals surface area contributed by atoms with Crippen LogP contribution in [0.25, 0.3) is 0 Å². The van der Waals surface area contributed by atoms with Crippen molar-refractivity contribution in [2.45, 2.75) is 38.3 Å². The Labute approximate surface area is 91.0 Å². The zero-order chi connectivity index (χ0) is 10.7. The summed E-state index contributed by atoms with van der Waals surface area (Å²) in [6.45, 7) is 4.94. The SMILES string of the molecule is CCN(C(=O)CNC1CCOC1)C1CC1. The Bertz CT molecular complexity index is 223. The zero-order valence-electron chi connectivity index (χ0n) is 9.37. The summed E-state index contributed by atoms with van der Waals surface area (Å²) in [7, 11) is 0. The van der Waals surface area contributed by atoms with Crippen LogP contribution in [0.15, 0.2) is 0 Å². The first kappa shape index (κ1) is 10.9. The summed E-state index contributed by atoms with van der Waals surface area (Å²) in [5.74, 6) is 0.243. The van der Waals surface area contributed by atoms with Crippen LogP contribution >= 0.6 is 0 Å². The molecule has 2 rings (SSSR count). The van der Waals surface area contributed by atoms with Crippen molar-refractivity contribution >= 4 is 5.91 Å². The highest BCUT2D eigenvalue weighted by atomic mass is 16.5. The lowest BCUT2D eigenvalue weighted by molar-refractivity contribution is -0.130. The third kappa shape index (κ3) is 2.92. The lowest BCUT2D eigenvalue weighted by atomic mass is 10.2. The summed E-state index contributed by atoms with van der Waals surface area (Å²) >= 11 is 0. The van der Waals surface area contributed by atoms with Crippen LogP contribution in [0.3, 0.4) is 0 Å². The highest BCUT2D eigenvalue weighted by Gasteiger charge is 2.31. The molecule has 1 saturated heterocycles. The van der Waals surface area contributed by atoms with Crippen molar-refractivity contribution in [3.05, 3.63) is 0 Å². The number of carbonyl (C=O) groups is 1. The monoisotopic (exact) mass is 212 g/mol. The number of hydrogen-bond donors (Lipinski definition) is 1. The van der Waals surface area contributed by atoms with E-state index in [4.69, 9.17) is 4.74 Å². The van der Waals surface area contributed by atoms with Crippen LogP contribution in [0.4, 0.5) is 0 Å². The third-order valence-electron chi connectivity index (χ3n) is 3.12. The predicted molar refractivity (Wildman–Crippen MR) is 57.6 cm³/mol. The van der Waals surface area contributed by atoms with Gasteiger partial charge in [0, 0.05) is 25.2 Å². The van der Waals surface area contributed by atoms with E-state index in [1.807, 2.05) is 4.90 Å². The molecule has 1 N–H and O–H groups in total. The van der Waals surface area contributed by atoms with E-state index in [2.05, 4.69) is 12.2 Å². The summed E-state index contributed by atoms with van der Waals surface area (Å²) in [6.07, 6.45) is 3.40. The van der Waals surface area contributed by atoms with Crippen molar-refractivity contribution in [2.24, 2.45) is 0 Å². The van der Waals surface area contributed by atoms with Gasteiger partial charge in [0.1, 0.15) is 0 Å². The molecule has 2 fully saturated rings. The minimum absolute atomic E-state index is 0.243. The minimum atomic E-state index is 0.243. The molecule has 1 amide bonds. The molecule has 4 heteroatoms. The van der Waals surface area contributed by atoms with Gasteiger partial charge in [0.2, 0.25) is 5.91 Å². The number of carbonyl (C=O) groups excluding carboxylic acids is 1. The number of amides is 1. The maximum atomic E-state index is 11.8. The topological polar surface area (TPSA) is 41.6 Å². The predicted octanol–water partition coefficient (Wildman–Crippen LogP) is 0.376. The van der Waals surface area contributed by atoms with Crippen LogP contribution in [0.2, 0.25) is 0 Å². The van der Waals surface area contributed by atoms with Crippen LogP contribution in [-0.4, -0.2) is 49.2 Å². The molecule has 1 saturated carbocycles. The van der Waals surface area contributed by atoms with Gasteiger partial charge in [0.15, 0.2) is 0 Å². The van der Waals surface area contributed by atoms with Gasteiger partial charge in [-0.1, -0.05) is 0 Å². The van der Waals surface area contributed by atoms with Crippen molar-refractivity contribution < 1.29 is 9.53 Å². The van der Waals surface area contributed by atoms with Gasteiger partial charge in [0.25, 0.3) is 0 Å². The molecule has 1 heterocycles. The van der Waals surface area contributed by atoms with E-state index in [1.165, 1.54) is 12.8 Å². The first-order valence-corrected chi connectivity index (χ1v) is 5.92. The van der Waals surface area contributed by atoms with Crippen LogP contribution in [0.5, 0.6) is 0 Å². The molecule has 1 aliphatic heterocycles. The summed E-state index contributed by atoms with van der Waals surface area (Å²) < 4.78 is 5.25. The zero-order valence-corrected chi connectivity index (χ0v) is 9.37. The molecule has 0 radical (unpaired) electrons. The maximum absolute atomic E-state index is 11.8. The number of nitrogens with zero attached hydrogens (tertiary/aromatic N) is 1. The molecular weight excluding hydrogens is 192 g/mol. The standard InChI is InChI=1S/C11H20N2O2/c1-2-13(10-3-4-10)11(14)7-12-9-5-6-15-8-9/h9-10,12H,2-8H2,1H3. The molecule has 0 aromatic rings. The number of ether oxygens (including phenoxy) is 1. The fourth-order valence-corrected chi connectivity index (χ4v) is 2.05. The highest BCUT2D eigenvalue weighted by molar-refractivity contribution is 5.78. The van der Waals surface area contributed by atoms with E-state index in [0.717, 1.165) is 26.2 Å². The Morgan fingerprint density at radius 2 is 2.27 bits per heavy atom. The summed E-state index contributed by atoms with van der Waals surface area (Å²) in [6, 6.07) is 0.913. The van der Waals surface area contributed by atoms with Gasteiger partial charge in [-0.15, -0.1) is 0 Å². The lowest BCUT2D eigenvalue weighted by Crippen LogP contribution is -2.42. The molecule has 86 valence electrons. The van der Waals surface area contributed by atoms with Gasteiger partial charge in [0.05, 0.1) is 13.2 Å². The molecule has 15 heavy (non-hydrogen) atoms. The molecular formula is C11H20N2O2. The van der Waals surface area contributed by atoms with Crippen molar-refractivity contribution in [3.63, 3.8) is 0 Å². The number of nitrogens with one attached hydrogen (secondary N) is 1. The van der Waals surface area contributed by atoms with Gasteiger partial charge >= 0.3 is 0 Å². The molecule has 0 bridgehead atoms. The molecule has 4 nitrogen and oxygen atoms in total. The van der Waals surface area contributed by atoms with Gasteiger partial charge < -0.3 is 15.0 Å². The highest BCUT2D eigenvalue weighted by Crippen LogP contribution is 2.26. The Balaban J connectivity index is 1.70. The molecule has 0 aromatic carbocycles. The van der Waals surface area contributed by atoms with Gasteiger partial charge in [-0.2, -0.15) is 0 Å². The quantitative estimate of drug-likeness (QED) is 0.716. The largest absolute Gasteiger partial charge is 0.380 e. The first-order chi connectivity index (χ1) is 7.31. The third-order valence-corrected chi connectivity index (χ3v) is 3.12. The molecule has 1 aliphatic carbocycles. The van der Waals surface area contributed by atoms with Crippen LogP contribution in [0, 0.1) is 0 Å². The van der Waals surface area contributed by atoms with Gasteiger partial charge in [-0.3, -0.25) is 4.79 Å². The van der Waals surface area contributed by atoms with E-state index >= 15 is 0 Å². The molecule has 1 unspecified atom stereocenters. The average Bonchev–Trinajstić information content (AvgIpc) is 2.93. The smallest absolute Gasteiger partial charge is 0.236 e. The van der Waals surface area contributed by atoms with Crippen molar-refractivity contribution in [1.82, 2.24) is 10.2 Å². The second-order valence-electron chi connectivity index (χ2n) is 4.35. The summed E-state index contributed by atoms with van der Waals surface area (Å²) in [5, 5.41) is 3.26. The van der Waals surface area contributed by atoms with Crippen LogP contribution in [-0.2, 0) is 9.53 Å². The Hall–Kier alpha value is -0.610. The molecule has 1 atom stereocenters. The van der Waals surface area contributed by atoms with Crippen molar-refractivity contribution in [1.29, 1.82) is 0 Å². The number of likely N-dealkylation sites (N-methyl/N-ethyl adjacent to an activating group) is 1. The van der Waals surface area contributed by atoms with E-state index in [-0.39, 0.29) is 5.91 Å². The van der Waals surface area contributed by atoms with Crippen LogP contribution < -0.4 is 5.32 Å². The van der Waals surface area contributed by atoms with E-state index < -0.39 is 0 Å². The number of hydrogen-bond acceptors (Lipinski definition) is 3. The first-order valence-electron chi connectivity index (χ1n) is 5.92. The van der Waals surface area contributed by atoms with Gasteiger partial charge in [-0.05, 0) is 26.2 Å². The van der Waals surface area contributed by atoms with Crippen LogP contribution in [0.1, 0.15) is 26.2 Å². The molecule has 2 aliphatic rings. The van der Waals surface area contributed by atoms with Gasteiger partial charge in [-0.25, -0.2) is 0 Å². The molecule has 0 aromatic heterocycles. The van der Waals surface area contributed by atoms with Crippen molar-refractivity contribution in [3.8, 4) is 0 Å². The van der Waals surface area contributed by atoms with Crippen molar-refractivity contribution in [2.75, 3.05) is 26.3 Å². The average molecular weight is 212 g/mol. The summed E-state index contributed by atoms with van der Waals surface area (Å²) in [5.41, 5.74) is 0. The second kappa shape index (κ2) is 4.94. The maximum Gasteiger partial charge on any atom is 0.236 e. The summed E-state index contributed by atoms with van der Waals surface area (Å²) in [4.78, 5) is 13.8. The fraction of sp³-hybridized carbons (Fsp3) is 0.909. The van der Waals surface area contributed by atoms with E-state index in [1.54, 1.807) is 0 Å². The normalized spacial score (nSPS) is 25.5. The lowest BCUT2D eigenvalue weighted by Gasteiger charge is -2.21. The Morgan fingerprint density at radius 1 is 1.47 bits per heavy atom. The fourth-order valence-electron chi connectivity index (χ4n) is 2.05. The Kier molecular flexibility index (Phi) is 3.59. The number of rotatable bonds is 5. The Morgan fingerprint density at radius 3 is 2.80 bits per heavy atom. The minimum Gasteiger partial charge on any atom is -0.380 e. The molecule has 0 spiro atoms. The second-order valence-corrected chi connectivity index (χ2v) is 4.35. The van der Waals surface area contributed by atoms with E-state index in [0.29, 0.717) is 18.6 Å².